The number of carbonyl (C=O) groups excluding carboxylic acids is 1. The van der Waals surface area contributed by atoms with Crippen molar-refractivity contribution in [1.29, 1.82) is 0 Å². The number of hydrogen-bond acceptors (Lipinski definition) is 3. The van der Waals surface area contributed by atoms with Gasteiger partial charge in [-0.1, -0.05) is 20.8 Å². The molecule has 1 atom stereocenters. The number of nitrogens with one attached hydrogen (secondary N) is 1. The zero-order valence-electron chi connectivity index (χ0n) is 14.1. The topological polar surface area (TPSA) is 47.6 Å². The van der Waals surface area contributed by atoms with E-state index in [1.54, 1.807) is 20.8 Å². The quantitative estimate of drug-likeness (QED) is 0.784. The first-order valence-electron chi connectivity index (χ1n) is 6.99. The highest BCUT2D eigenvalue weighted by atomic mass is 28.4. The van der Waals surface area contributed by atoms with Crippen LogP contribution < -0.4 is 5.32 Å². The Bertz CT molecular complexity index is 321. The number of carbonyl (C=O) groups is 1. The minimum atomic E-state index is -1.95. The van der Waals surface area contributed by atoms with Crippen molar-refractivity contribution in [1.82, 2.24) is 5.32 Å². The smallest absolute Gasteiger partial charge is 0.407 e. The summed E-state index contributed by atoms with van der Waals surface area (Å²) < 4.78 is 24.5. The third-order valence-corrected chi connectivity index (χ3v) is 7.80. The summed E-state index contributed by atoms with van der Waals surface area (Å²) in [4.78, 5) is 11.4. The molecule has 0 heterocycles. The van der Waals surface area contributed by atoms with Gasteiger partial charge in [0.25, 0.3) is 0 Å². The van der Waals surface area contributed by atoms with Crippen molar-refractivity contribution in [3.63, 3.8) is 0 Å². The molecule has 0 aromatic rings. The average Bonchev–Trinajstić information content (AvgIpc) is 2.19. The van der Waals surface area contributed by atoms with Crippen LogP contribution in [0.15, 0.2) is 0 Å². The van der Waals surface area contributed by atoms with E-state index in [1.165, 1.54) is 0 Å². The summed E-state index contributed by atoms with van der Waals surface area (Å²) in [6, 6.07) is 0. The molecule has 0 aliphatic carbocycles. The standard InChI is InChI=1S/C14H30FNO3Si/c1-13(2,3)19-12(17)16-9-11(15)10-18-20(7,8)14(4,5)6/h11H,9-10H2,1-8H3,(H,16,17)/t11-/m0/s1. The van der Waals surface area contributed by atoms with E-state index < -0.39 is 26.2 Å². The Morgan fingerprint density at radius 3 is 2.10 bits per heavy atom. The Kier molecular flexibility index (Phi) is 6.68. The van der Waals surface area contributed by atoms with Crippen molar-refractivity contribution in [2.24, 2.45) is 0 Å². The maximum Gasteiger partial charge on any atom is 0.407 e. The maximum atomic E-state index is 13.7. The molecule has 4 nitrogen and oxygen atoms in total. The minimum absolute atomic E-state index is 0.00624. The fourth-order valence-corrected chi connectivity index (χ4v) is 2.11. The summed E-state index contributed by atoms with van der Waals surface area (Å²) in [6.07, 6.45) is -1.83. The van der Waals surface area contributed by atoms with Crippen LogP contribution in [0, 0.1) is 0 Å². The highest BCUT2D eigenvalue weighted by Gasteiger charge is 2.37. The van der Waals surface area contributed by atoms with Crippen molar-refractivity contribution in [3.8, 4) is 0 Å². The second kappa shape index (κ2) is 6.89. The van der Waals surface area contributed by atoms with Crippen LogP contribution in [-0.4, -0.2) is 39.3 Å². The Morgan fingerprint density at radius 2 is 1.70 bits per heavy atom. The largest absolute Gasteiger partial charge is 0.444 e. The van der Waals surface area contributed by atoms with Crippen molar-refractivity contribution in [3.05, 3.63) is 0 Å². The number of ether oxygens (including phenoxy) is 1. The lowest BCUT2D eigenvalue weighted by molar-refractivity contribution is 0.0504. The van der Waals surface area contributed by atoms with Gasteiger partial charge in [0.05, 0.1) is 13.2 Å². The molecule has 0 unspecified atom stereocenters. The molecule has 0 spiro atoms. The maximum absolute atomic E-state index is 13.7. The van der Waals surface area contributed by atoms with Crippen molar-refractivity contribution in [2.75, 3.05) is 13.2 Å². The Hall–Kier alpha value is -0.623. The van der Waals surface area contributed by atoms with Crippen LogP contribution >= 0.6 is 0 Å². The summed E-state index contributed by atoms with van der Waals surface area (Å²) >= 11 is 0. The summed E-state index contributed by atoms with van der Waals surface area (Å²) in [5.41, 5.74) is -0.576. The molecule has 0 saturated carbocycles. The molecule has 0 aliphatic heterocycles. The molecule has 0 aromatic carbocycles. The van der Waals surface area contributed by atoms with Gasteiger partial charge in [-0.3, -0.25) is 0 Å². The number of hydrogen-bond donors (Lipinski definition) is 1. The number of halogens is 1. The van der Waals surface area contributed by atoms with Crippen LogP contribution in [0.1, 0.15) is 41.5 Å². The highest BCUT2D eigenvalue weighted by molar-refractivity contribution is 6.74. The van der Waals surface area contributed by atoms with Gasteiger partial charge >= 0.3 is 6.09 Å². The van der Waals surface area contributed by atoms with E-state index in [0.29, 0.717) is 0 Å². The first-order chi connectivity index (χ1) is 8.74. The Balaban J connectivity index is 4.08. The van der Waals surface area contributed by atoms with Gasteiger partial charge in [-0.2, -0.15) is 0 Å². The predicted octanol–water partition coefficient (Wildman–Crippen LogP) is 3.87. The van der Waals surface area contributed by atoms with Crippen molar-refractivity contribution < 1.29 is 18.3 Å². The van der Waals surface area contributed by atoms with E-state index in [4.69, 9.17) is 9.16 Å². The van der Waals surface area contributed by atoms with E-state index in [9.17, 15) is 9.18 Å². The summed E-state index contributed by atoms with van der Waals surface area (Å²) in [6.45, 7) is 15.7. The van der Waals surface area contributed by atoms with Gasteiger partial charge in [-0.25, -0.2) is 9.18 Å². The molecule has 120 valence electrons. The minimum Gasteiger partial charge on any atom is -0.444 e. The third-order valence-electron chi connectivity index (χ3n) is 3.30. The van der Waals surface area contributed by atoms with E-state index in [2.05, 4.69) is 39.2 Å². The van der Waals surface area contributed by atoms with Crippen LogP contribution in [-0.2, 0) is 9.16 Å². The van der Waals surface area contributed by atoms with E-state index >= 15 is 0 Å². The van der Waals surface area contributed by atoms with Crippen LogP contribution in [0.25, 0.3) is 0 Å². The van der Waals surface area contributed by atoms with E-state index in [0.717, 1.165) is 0 Å². The van der Waals surface area contributed by atoms with Gasteiger partial charge in [0.1, 0.15) is 11.8 Å². The number of alkyl halides is 1. The normalized spacial score (nSPS) is 14.8. The molecule has 1 amide bonds. The second-order valence-corrected chi connectivity index (χ2v) is 12.4. The van der Waals surface area contributed by atoms with Gasteiger partial charge in [0.15, 0.2) is 8.32 Å². The van der Waals surface area contributed by atoms with Crippen molar-refractivity contribution >= 4 is 14.4 Å². The SMILES string of the molecule is CC(C)(C)OC(=O)NC[C@H](F)CO[Si](C)(C)C(C)(C)C. The van der Waals surface area contributed by atoms with Gasteiger partial charge in [-0.05, 0) is 38.9 Å². The summed E-state index contributed by atoms with van der Waals surface area (Å²) in [7, 11) is -1.95. The highest BCUT2D eigenvalue weighted by Crippen LogP contribution is 2.36. The molecule has 0 rings (SSSR count). The Labute approximate surface area is 123 Å². The molecule has 0 bridgehead atoms. The zero-order chi connectivity index (χ0) is 16.2. The van der Waals surface area contributed by atoms with Crippen LogP contribution in [0.4, 0.5) is 9.18 Å². The zero-order valence-corrected chi connectivity index (χ0v) is 15.1. The monoisotopic (exact) mass is 307 g/mol. The second-order valence-electron chi connectivity index (χ2n) is 7.55. The number of amides is 1. The molecule has 6 heteroatoms. The van der Waals surface area contributed by atoms with Gasteiger partial charge in [0, 0.05) is 0 Å². The van der Waals surface area contributed by atoms with Gasteiger partial charge in [0.2, 0.25) is 0 Å². The molecule has 0 fully saturated rings. The van der Waals surface area contributed by atoms with Gasteiger partial charge < -0.3 is 14.5 Å². The van der Waals surface area contributed by atoms with Crippen LogP contribution in [0.2, 0.25) is 18.1 Å². The Morgan fingerprint density at radius 1 is 1.20 bits per heavy atom. The molecule has 0 aliphatic rings. The van der Waals surface area contributed by atoms with Gasteiger partial charge in [-0.15, -0.1) is 0 Å². The molecule has 20 heavy (non-hydrogen) atoms. The first kappa shape index (κ1) is 19.4. The lowest BCUT2D eigenvalue weighted by Gasteiger charge is -2.36. The summed E-state index contributed by atoms with van der Waals surface area (Å²) in [5, 5.41) is 2.46. The van der Waals surface area contributed by atoms with E-state index in [1.807, 2.05) is 0 Å². The lowest BCUT2D eigenvalue weighted by Crippen LogP contribution is -2.44. The molecule has 0 saturated heterocycles. The molecular weight excluding hydrogens is 277 g/mol. The number of alkyl carbamates (subject to hydrolysis) is 1. The van der Waals surface area contributed by atoms with Crippen molar-refractivity contribution in [2.45, 2.75) is 71.4 Å². The third kappa shape index (κ3) is 7.84. The summed E-state index contributed by atoms with van der Waals surface area (Å²) in [5.74, 6) is 0. The molecular formula is C14H30FNO3Si. The fourth-order valence-electron chi connectivity index (χ4n) is 1.08. The van der Waals surface area contributed by atoms with E-state index in [-0.39, 0.29) is 18.2 Å². The first-order valence-corrected chi connectivity index (χ1v) is 9.90. The number of rotatable bonds is 5. The predicted molar refractivity (Wildman–Crippen MR) is 82.3 cm³/mol. The van der Waals surface area contributed by atoms with Crippen LogP contribution in [0.3, 0.4) is 0 Å². The molecule has 0 radical (unpaired) electrons. The molecule has 1 N–H and O–H groups in total. The lowest BCUT2D eigenvalue weighted by atomic mass is 10.2. The fraction of sp³-hybridized carbons (Fsp3) is 0.929. The molecule has 0 aromatic heterocycles. The van der Waals surface area contributed by atoms with Crippen LogP contribution in [0.5, 0.6) is 0 Å². The average molecular weight is 307 g/mol.